The van der Waals surface area contributed by atoms with Gasteiger partial charge in [-0.15, -0.1) is 0 Å². The minimum atomic E-state index is -0.875. The van der Waals surface area contributed by atoms with E-state index in [1.807, 2.05) is 13.8 Å². The van der Waals surface area contributed by atoms with Crippen LogP contribution in [0.5, 0.6) is 0 Å². The highest BCUT2D eigenvalue weighted by Gasteiger charge is 2.23. The molecule has 0 aliphatic carbocycles. The van der Waals surface area contributed by atoms with Gasteiger partial charge in [0, 0.05) is 6.42 Å². The van der Waals surface area contributed by atoms with Crippen molar-refractivity contribution in [2.24, 2.45) is 23.6 Å². The Morgan fingerprint density at radius 1 is 1.10 bits per heavy atom. The summed E-state index contributed by atoms with van der Waals surface area (Å²) >= 11 is 0. The van der Waals surface area contributed by atoms with Crippen molar-refractivity contribution >= 4 is 11.9 Å². The third-order valence-electron chi connectivity index (χ3n) is 4.01. The molecule has 3 atom stereocenters. The summed E-state index contributed by atoms with van der Waals surface area (Å²) in [6.45, 7) is 8.30. The Kier molecular flexibility index (Phi) is 9.21. The molecule has 0 aliphatic rings. The molecule has 5 heteroatoms. The number of carboxylic acids is 1. The number of nitrogens with zero attached hydrogens (tertiary/aromatic N) is 1. The third-order valence-corrected chi connectivity index (χ3v) is 4.01. The first kappa shape index (κ1) is 18.9. The maximum absolute atomic E-state index is 11.9. The molecule has 0 aromatic carbocycles. The fourth-order valence-electron chi connectivity index (χ4n) is 1.88. The molecule has 0 bridgehead atoms. The number of carboxylic acid groups (broad SMARTS) is 1. The van der Waals surface area contributed by atoms with Gasteiger partial charge in [0.2, 0.25) is 5.91 Å². The van der Waals surface area contributed by atoms with E-state index in [9.17, 15) is 14.7 Å². The van der Waals surface area contributed by atoms with E-state index in [-0.39, 0.29) is 18.4 Å². The Morgan fingerprint density at radius 2 is 1.65 bits per heavy atom. The van der Waals surface area contributed by atoms with Crippen molar-refractivity contribution in [3.8, 4) is 0 Å². The fourth-order valence-corrected chi connectivity index (χ4v) is 1.88. The van der Waals surface area contributed by atoms with Crippen LogP contribution in [-0.2, 0) is 9.59 Å². The number of amides is 1. The normalized spacial score (nSPS) is 15.4. The molecule has 0 saturated heterocycles. The topological polar surface area (TPSA) is 83.6 Å². The summed E-state index contributed by atoms with van der Waals surface area (Å²) in [6, 6.07) is 0. The van der Waals surface area contributed by atoms with Gasteiger partial charge in [-0.2, -0.15) is 0 Å². The van der Waals surface area contributed by atoms with Crippen LogP contribution in [-0.4, -0.2) is 28.5 Å². The van der Waals surface area contributed by atoms with E-state index >= 15 is 0 Å². The van der Waals surface area contributed by atoms with Gasteiger partial charge in [-0.25, -0.2) is 5.84 Å². The number of nitrogens with two attached hydrogens (primary N) is 1. The van der Waals surface area contributed by atoms with Crippen molar-refractivity contribution in [2.45, 2.75) is 59.8 Å². The number of hydrazine groups is 1. The SMILES string of the molecule is CCC(C)CCC(CN(N)C(=O)CC(C)CC)C(=O)O. The van der Waals surface area contributed by atoms with E-state index in [0.29, 0.717) is 18.8 Å². The monoisotopic (exact) mass is 286 g/mol. The summed E-state index contributed by atoms with van der Waals surface area (Å²) in [7, 11) is 0. The lowest BCUT2D eigenvalue weighted by molar-refractivity contribution is -0.144. The minimum absolute atomic E-state index is 0.0982. The van der Waals surface area contributed by atoms with E-state index in [1.54, 1.807) is 0 Å². The van der Waals surface area contributed by atoms with E-state index in [4.69, 9.17) is 5.84 Å². The second kappa shape index (κ2) is 9.75. The average Bonchev–Trinajstić information content (AvgIpc) is 2.41. The molecule has 0 heterocycles. The quantitative estimate of drug-likeness (QED) is 0.367. The molecule has 0 aromatic rings. The highest BCUT2D eigenvalue weighted by molar-refractivity contribution is 5.77. The number of aliphatic carboxylic acids is 1. The molecule has 0 spiro atoms. The number of carbonyl (C=O) groups excluding carboxylic acids is 1. The summed E-state index contributed by atoms with van der Waals surface area (Å²) < 4.78 is 0. The standard InChI is InChI=1S/C15H30N2O3/c1-5-11(3)7-8-13(15(19)20)10-17(16)14(18)9-12(4)6-2/h11-13H,5-10,16H2,1-4H3,(H,19,20). The first-order chi connectivity index (χ1) is 9.31. The Bertz CT molecular complexity index is 307. The molecule has 118 valence electrons. The van der Waals surface area contributed by atoms with Crippen LogP contribution in [0.3, 0.4) is 0 Å². The summed E-state index contributed by atoms with van der Waals surface area (Å²) in [5.74, 6) is 4.87. The van der Waals surface area contributed by atoms with E-state index in [0.717, 1.165) is 24.3 Å². The first-order valence-electron chi connectivity index (χ1n) is 7.59. The maximum Gasteiger partial charge on any atom is 0.308 e. The largest absolute Gasteiger partial charge is 0.481 e. The van der Waals surface area contributed by atoms with Gasteiger partial charge in [0.15, 0.2) is 0 Å². The number of hydrogen-bond donors (Lipinski definition) is 2. The first-order valence-corrected chi connectivity index (χ1v) is 7.59. The smallest absolute Gasteiger partial charge is 0.308 e. The van der Waals surface area contributed by atoms with Crippen LogP contribution < -0.4 is 5.84 Å². The molecule has 1 amide bonds. The van der Waals surface area contributed by atoms with E-state index in [2.05, 4.69) is 13.8 Å². The third kappa shape index (κ3) is 7.48. The number of hydrogen-bond acceptors (Lipinski definition) is 3. The summed E-state index contributed by atoms with van der Waals surface area (Å²) in [6.07, 6.45) is 3.74. The highest BCUT2D eigenvalue weighted by atomic mass is 16.4. The van der Waals surface area contributed by atoms with Gasteiger partial charge in [0.05, 0.1) is 12.5 Å². The Morgan fingerprint density at radius 3 is 2.10 bits per heavy atom. The molecule has 3 unspecified atom stereocenters. The lowest BCUT2D eigenvalue weighted by Crippen LogP contribution is -2.43. The van der Waals surface area contributed by atoms with E-state index in [1.165, 1.54) is 0 Å². The molecule has 5 nitrogen and oxygen atoms in total. The van der Waals surface area contributed by atoms with Gasteiger partial charge in [0.25, 0.3) is 0 Å². The Hall–Kier alpha value is -1.10. The summed E-state index contributed by atoms with van der Waals surface area (Å²) in [5.41, 5.74) is 0. The zero-order valence-corrected chi connectivity index (χ0v) is 13.3. The fraction of sp³-hybridized carbons (Fsp3) is 0.867. The van der Waals surface area contributed by atoms with Crippen LogP contribution in [0.4, 0.5) is 0 Å². The van der Waals surface area contributed by atoms with Crippen LogP contribution in [0, 0.1) is 17.8 Å². The van der Waals surface area contributed by atoms with Crippen LogP contribution in [0.1, 0.15) is 59.8 Å². The van der Waals surface area contributed by atoms with Gasteiger partial charge < -0.3 is 5.11 Å². The lowest BCUT2D eigenvalue weighted by Gasteiger charge is -2.23. The van der Waals surface area contributed by atoms with Crippen LogP contribution in [0.2, 0.25) is 0 Å². The molecule has 0 aromatic heterocycles. The highest BCUT2D eigenvalue weighted by Crippen LogP contribution is 2.17. The Balaban J connectivity index is 4.36. The van der Waals surface area contributed by atoms with Crippen LogP contribution in [0.25, 0.3) is 0 Å². The van der Waals surface area contributed by atoms with Crippen molar-refractivity contribution in [2.75, 3.05) is 6.54 Å². The van der Waals surface area contributed by atoms with E-state index < -0.39 is 11.9 Å². The summed E-state index contributed by atoms with van der Waals surface area (Å²) in [5, 5.41) is 10.3. The molecule has 0 radical (unpaired) electrons. The lowest BCUT2D eigenvalue weighted by atomic mass is 9.95. The number of carbonyl (C=O) groups is 2. The predicted molar refractivity (Wildman–Crippen MR) is 79.8 cm³/mol. The molecule has 20 heavy (non-hydrogen) atoms. The van der Waals surface area contributed by atoms with Crippen LogP contribution >= 0.6 is 0 Å². The van der Waals surface area contributed by atoms with Crippen molar-refractivity contribution in [3.63, 3.8) is 0 Å². The zero-order valence-electron chi connectivity index (χ0n) is 13.3. The maximum atomic E-state index is 11.9. The second-order valence-electron chi connectivity index (χ2n) is 5.89. The van der Waals surface area contributed by atoms with Crippen molar-refractivity contribution in [1.29, 1.82) is 0 Å². The minimum Gasteiger partial charge on any atom is -0.481 e. The molecule has 0 saturated carbocycles. The molecular weight excluding hydrogens is 256 g/mol. The van der Waals surface area contributed by atoms with Crippen molar-refractivity contribution < 1.29 is 14.7 Å². The molecule has 0 fully saturated rings. The molecular formula is C15H30N2O3. The molecule has 0 rings (SSSR count). The van der Waals surface area contributed by atoms with Gasteiger partial charge in [0.1, 0.15) is 0 Å². The van der Waals surface area contributed by atoms with Gasteiger partial charge in [-0.05, 0) is 24.7 Å². The molecule has 3 N–H and O–H groups in total. The zero-order chi connectivity index (χ0) is 15.7. The summed E-state index contributed by atoms with van der Waals surface area (Å²) in [4.78, 5) is 23.1. The van der Waals surface area contributed by atoms with Gasteiger partial charge in [-0.3, -0.25) is 14.6 Å². The van der Waals surface area contributed by atoms with Crippen molar-refractivity contribution in [1.82, 2.24) is 5.01 Å². The second-order valence-corrected chi connectivity index (χ2v) is 5.89. The molecule has 0 aliphatic heterocycles. The Labute approximate surface area is 122 Å². The van der Waals surface area contributed by atoms with Gasteiger partial charge >= 0.3 is 5.97 Å². The average molecular weight is 286 g/mol. The number of rotatable bonds is 10. The predicted octanol–water partition coefficient (Wildman–Crippen LogP) is 2.65. The van der Waals surface area contributed by atoms with Gasteiger partial charge in [-0.1, -0.05) is 40.5 Å². The van der Waals surface area contributed by atoms with Crippen molar-refractivity contribution in [3.05, 3.63) is 0 Å². The van der Waals surface area contributed by atoms with Crippen LogP contribution in [0.15, 0.2) is 0 Å².